The van der Waals surface area contributed by atoms with E-state index in [0.29, 0.717) is 4.90 Å². The third-order valence-electron chi connectivity index (χ3n) is 2.13. The van der Waals surface area contributed by atoms with E-state index in [0.717, 1.165) is 0 Å². The molecule has 0 aromatic rings. The van der Waals surface area contributed by atoms with Crippen LogP contribution in [0.15, 0.2) is 0 Å². The predicted molar refractivity (Wildman–Crippen MR) is 60.1 cm³/mol. The van der Waals surface area contributed by atoms with Crippen molar-refractivity contribution >= 4 is 18.0 Å². The van der Waals surface area contributed by atoms with Crippen molar-refractivity contribution in [2.75, 3.05) is 13.1 Å². The van der Waals surface area contributed by atoms with Gasteiger partial charge in [0, 0.05) is 6.54 Å². The summed E-state index contributed by atoms with van der Waals surface area (Å²) in [5.74, 6) is -3.13. The number of urea groups is 1. The molecular formula is C10H15F3N2O5. The summed E-state index contributed by atoms with van der Waals surface area (Å²) in [6.07, 6.45) is -5.31. The SMILES string of the molecule is CCCN(CC(F)(F)F)C(=O)NC(CC(=O)O)C(=O)O. The molecule has 3 N–H and O–H groups in total. The molecule has 0 aliphatic carbocycles. The Labute approximate surface area is 112 Å². The molecule has 0 aromatic heterocycles. The Morgan fingerprint density at radius 1 is 1.25 bits per heavy atom. The van der Waals surface area contributed by atoms with Gasteiger partial charge < -0.3 is 20.4 Å². The molecule has 0 heterocycles. The fourth-order valence-electron chi connectivity index (χ4n) is 1.35. The van der Waals surface area contributed by atoms with Gasteiger partial charge >= 0.3 is 24.1 Å². The molecule has 0 aliphatic rings. The molecule has 0 saturated heterocycles. The average molecular weight is 300 g/mol. The largest absolute Gasteiger partial charge is 0.481 e. The smallest absolute Gasteiger partial charge is 0.406 e. The summed E-state index contributed by atoms with van der Waals surface area (Å²) in [5, 5.41) is 18.9. The van der Waals surface area contributed by atoms with Crippen LogP contribution in [-0.2, 0) is 9.59 Å². The van der Waals surface area contributed by atoms with Crippen molar-refractivity contribution in [1.29, 1.82) is 0 Å². The van der Waals surface area contributed by atoms with Crippen molar-refractivity contribution < 1.29 is 37.8 Å². The Bertz CT molecular complexity index is 372. The Kier molecular flexibility index (Phi) is 6.80. The molecule has 7 nitrogen and oxygen atoms in total. The number of hydrogen-bond acceptors (Lipinski definition) is 3. The van der Waals surface area contributed by atoms with Gasteiger partial charge in [-0.1, -0.05) is 6.92 Å². The second-order valence-corrected chi connectivity index (χ2v) is 3.97. The minimum Gasteiger partial charge on any atom is -0.481 e. The predicted octanol–water partition coefficient (Wildman–Crippen LogP) is 0.898. The number of alkyl halides is 3. The fraction of sp³-hybridized carbons (Fsp3) is 0.700. The molecule has 0 aliphatic heterocycles. The zero-order chi connectivity index (χ0) is 15.9. The van der Waals surface area contributed by atoms with Crippen molar-refractivity contribution in [2.45, 2.75) is 32.0 Å². The zero-order valence-electron chi connectivity index (χ0n) is 10.6. The molecule has 0 radical (unpaired) electrons. The number of nitrogens with one attached hydrogen (secondary N) is 1. The monoisotopic (exact) mass is 300 g/mol. The number of nitrogens with zero attached hydrogens (tertiary/aromatic N) is 1. The van der Waals surface area contributed by atoms with E-state index in [1.54, 1.807) is 12.2 Å². The third-order valence-corrected chi connectivity index (χ3v) is 2.13. The van der Waals surface area contributed by atoms with Crippen LogP contribution < -0.4 is 5.32 Å². The number of halogens is 3. The first-order chi connectivity index (χ1) is 9.06. The minimum absolute atomic E-state index is 0.231. The van der Waals surface area contributed by atoms with Gasteiger partial charge in [-0.2, -0.15) is 13.2 Å². The molecular weight excluding hydrogens is 285 g/mol. The van der Waals surface area contributed by atoms with Gasteiger partial charge in [-0.15, -0.1) is 0 Å². The van der Waals surface area contributed by atoms with E-state index in [-0.39, 0.29) is 13.0 Å². The van der Waals surface area contributed by atoms with E-state index in [4.69, 9.17) is 10.2 Å². The number of carbonyl (C=O) groups excluding carboxylic acids is 1. The summed E-state index contributed by atoms with van der Waals surface area (Å²) in [6, 6.07) is -3.05. The molecule has 0 bridgehead atoms. The molecule has 20 heavy (non-hydrogen) atoms. The minimum atomic E-state index is -4.63. The molecule has 2 amide bonds. The molecule has 0 fully saturated rings. The maximum Gasteiger partial charge on any atom is 0.406 e. The lowest BCUT2D eigenvalue weighted by Crippen LogP contribution is -2.51. The van der Waals surface area contributed by atoms with Gasteiger partial charge in [0.25, 0.3) is 0 Å². The molecule has 0 spiro atoms. The van der Waals surface area contributed by atoms with Crippen LogP contribution in [0, 0.1) is 0 Å². The van der Waals surface area contributed by atoms with E-state index in [1.807, 2.05) is 0 Å². The topological polar surface area (TPSA) is 107 Å². The quantitative estimate of drug-likeness (QED) is 0.647. The highest BCUT2D eigenvalue weighted by molar-refractivity contribution is 5.86. The summed E-state index contributed by atoms with van der Waals surface area (Å²) in [4.78, 5) is 33.1. The lowest BCUT2D eigenvalue weighted by Gasteiger charge is -2.25. The molecule has 0 saturated carbocycles. The first-order valence-electron chi connectivity index (χ1n) is 5.63. The summed E-state index contributed by atoms with van der Waals surface area (Å²) < 4.78 is 36.8. The van der Waals surface area contributed by atoms with E-state index in [2.05, 4.69) is 0 Å². The highest BCUT2D eigenvalue weighted by atomic mass is 19.4. The number of carboxylic acids is 2. The third kappa shape index (κ3) is 7.44. The Morgan fingerprint density at radius 2 is 1.80 bits per heavy atom. The van der Waals surface area contributed by atoms with Gasteiger partial charge in [-0.05, 0) is 6.42 Å². The number of rotatable bonds is 7. The van der Waals surface area contributed by atoms with Crippen LogP contribution >= 0.6 is 0 Å². The van der Waals surface area contributed by atoms with Crippen molar-refractivity contribution in [3.63, 3.8) is 0 Å². The second-order valence-electron chi connectivity index (χ2n) is 3.97. The molecule has 10 heteroatoms. The van der Waals surface area contributed by atoms with Gasteiger partial charge in [-0.3, -0.25) is 4.79 Å². The summed E-state index contributed by atoms with van der Waals surface area (Å²) in [7, 11) is 0. The summed E-state index contributed by atoms with van der Waals surface area (Å²) in [6.45, 7) is -0.223. The lowest BCUT2D eigenvalue weighted by molar-refractivity contribution is -0.146. The van der Waals surface area contributed by atoms with E-state index in [1.165, 1.54) is 0 Å². The average Bonchev–Trinajstić information content (AvgIpc) is 2.24. The van der Waals surface area contributed by atoms with Crippen LogP contribution in [-0.4, -0.2) is 58.4 Å². The van der Waals surface area contributed by atoms with Crippen LogP contribution in [0.4, 0.5) is 18.0 Å². The van der Waals surface area contributed by atoms with Crippen molar-refractivity contribution in [2.24, 2.45) is 0 Å². The van der Waals surface area contributed by atoms with Gasteiger partial charge in [-0.25, -0.2) is 9.59 Å². The van der Waals surface area contributed by atoms with Gasteiger partial charge in [0.15, 0.2) is 0 Å². The van der Waals surface area contributed by atoms with Crippen molar-refractivity contribution in [3.05, 3.63) is 0 Å². The van der Waals surface area contributed by atoms with Gasteiger partial charge in [0.05, 0.1) is 6.42 Å². The standard InChI is InChI=1S/C10H15F3N2O5/c1-2-3-15(5-10(11,12)13)9(20)14-6(8(18)19)4-7(16)17/h6H,2-5H2,1H3,(H,14,20)(H,16,17)(H,18,19). The first-order valence-corrected chi connectivity index (χ1v) is 5.63. The maximum atomic E-state index is 12.3. The molecule has 0 rings (SSSR count). The Morgan fingerprint density at radius 3 is 2.15 bits per heavy atom. The molecule has 1 atom stereocenters. The number of amides is 2. The van der Waals surface area contributed by atoms with E-state index >= 15 is 0 Å². The number of aliphatic carboxylic acids is 2. The normalized spacial score (nSPS) is 12.6. The summed E-state index contributed by atoms with van der Waals surface area (Å²) in [5.41, 5.74) is 0. The highest BCUT2D eigenvalue weighted by Gasteiger charge is 2.34. The number of carbonyl (C=O) groups is 3. The first kappa shape index (κ1) is 18.0. The Balaban J connectivity index is 4.79. The van der Waals surface area contributed by atoms with Crippen LogP contribution in [0.2, 0.25) is 0 Å². The van der Waals surface area contributed by atoms with Gasteiger partial charge in [0.1, 0.15) is 12.6 Å². The zero-order valence-corrected chi connectivity index (χ0v) is 10.6. The number of hydrogen-bond donors (Lipinski definition) is 3. The molecule has 0 aromatic carbocycles. The molecule has 1 unspecified atom stereocenters. The van der Waals surface area contributed by atoms with Crippen LogP contribution in [0.1, 0.15) is 19.8 Å². The molecule has 116 valence electrons. The van der Waals surface area contributed by atoms with Crippen LogP contribution in [0.25, 0.3) is 0 Å². The highest BCUT2D eigenvalue weighted by Crippen LogP contribution is 2.16. The van der Waals surface area contributed by atoms with E-state index in [9.17, 15) is 27.6 Å². The number of carboxylic acid groups (broad SMARTS) is 2. The van der Waals surface area contributed by atoms with Crippen LogP contribution in [0.5, 0.6) is 0 Å². The Hall–Kier alpha value is -2.00. The maximum absolute atomic E-state index is 12.3. The lowest BCUT2D eigenvalue weighted by atomic mass is 10.2. The summed E-state index contributed by atoms with van der Waals surface area (Å²) >= 11 is 0. The fourth-order valence-corrected chi connectivity index (χ4v) is 1.35. The van der Waals surface area contributed by atoms with Crippen LogP contribution in [0.3, 0.4) is 0 Å². The second kappa shape index (κ2) is 7.56. The van der Waals surface area contributed by atoms with E-state index < -0.39 is 43.2 Å². The van der Waals surface area contributed by atoms with Gasteiger partial charge in [0.2, 0.25) is 0 Å². The van der Waals surface area contributed by atoms with Crippen molar-refractivity contribution in [1.82, 2.24) is 10.2 Å². The van der Waals surface area contributed by atoms with Crippen molar-refractivity contribution in [3.8, 4) is 0 Å².